The van der Waals surface area contributed by atoms with Crippen LogP contribution in [0.1, 0.15) is 10.4 Å². The van der Waals surface area contributed by atoms with Crippen LogP contribution < -0.4 is 5.32 Å². The number of hydrogen-bond acceptors (Lipinski definition) is 6. The van der Waals surface area contributed by atoms with E-state index in [4.69, 9.17) is 4.74 Å². The van der Waals surface area contributed by atoms with Crippen LogP contribution in [0.15, 0.2) is 66.7 Å². The number of aromatic hydroxyl groups is 1. The maximum absolute atomic E-state index is 11.5. The SMILES string of the molecule is COC(=O)c1ccc(Nc2nc3cccc(-c4ccc(O)cc4)n3n2)cc1. The van der Waals surface area contributed by atoms with Gasteiger partial charge in [-0.25, -0.2) is 9.31 Å². The van der Waals surface area contributed by atoms with Gasteiger partial charge in [0.25, 0.3) is 0 Å². The predicted octanol–water partition coefficient (Wildman–Crippen LogP) is 3.63. The number of phenols is 1. The van der Waals surface area contributed by atoms with E-state index in [0.717, 1.165) is 16.9 Å². The number of carbonyl (C=O) groups excluding carboxylic acids is 1. The molecule has 7 nitrogen and oxygen atoms in total. The zero-order valence-electron chi connectivity index (χ0n) is 14.5. The average molecular weight is 360 g/mol. The number of benzene rings is 2. The van der Waals surface area contributed by atoms with E-state index >= 15 is 0 Å². The lowest BCUT2D eigenvalue weighted by molar-refractivity contribution is 0.0601. The summed E-state index contributed by atoms with van der Waals surface area (Å²) in [5, 5.41) is 17.1. The van der Waals surface area contributed by atoms with Gasteiger partial charge in [-0.1, -0.05) is 6.07 Å². The molecule has 2 aromatic carbocycles. The van der Waals surface area contributed by atoms with E-state index < -0.39 is 0 Å². The topological polar surface area (TPSA) is 88.8 Å². The molecule has 4 aromatic rings. The molecule has 0 radical (unpaired) electrons. The van der Waals surface area contributed by atoms with Crippen molar-refractivity contribution in [3.63, 3.8) is 0 Å². The Hall–Kier alpha value is -3.87. The van der Waals surface area contributed by atoms with Gasteiger partial charge in [0.1, 0.15) is 5.75 Å². The van der Waals surface area contributed by atoms with Crippen LogP contribution in [0.3, 0.4) is 0 Å². The third-order valence-corrected chi connectivity index (χ3v) is 4.08. The summed E-state index contributed by atoms with van der Waals surface area (Å²) in [6.45, 7) is 0. The fourth-order valence-electron chi connectivity index (χ4n) is 2.75. The number of anilines is 2. The molecular formula is C20H16N4O3. The fourth-order valence-corrected chi connectivity index (χ4v) is 2.75. The first-order valence-corrected chi connectivity index (χ1v) is 8.24. The zero-order valence-corrected chi connectivity index (χ0v) is 14.5. The predicted molar refractivity (Wildman–Crippen MR) is 101 cm³/mol. The summed E-state index contributed by atoms with van der Waals surface area (Å²) in [4.78, 5) is 16.0. The molecule has 0 aliphatic rings. The highest BCUT2D eigenvalue weighted by atomic mass is 16.5. The van der Waals surface area contributed by atoms with Gasteiger partial charge < -0.3 is 15.2 Å². The molecule has 0 bridgehead atoms. The number of ether oxygens (including phenoxy) is 1. The first-order valence-electron chi connectivity index (χ1n) is 8.24. The summed E-state index contributed by atoms with van der Waals surface area (Å²) >= 11 is 0. The Labute approximate surface area is 154 Å². The monoisotopic (exact) mass is 360 g/mol. The van der Waals surface area contributed by atoms with Crippen molar-refractivity contribution >= 4 is 23.3 Å². The summed E-state index contributed by atoms with van der Waals surface area (Å²) in [5.74, 6) is 0.264. The molecule has 134 valence electrons. The van der Waals surface area contributed by atoms with Gasteiger partial charge in [0, 0.05) is 11.3 Å². The van der Waals surface area contributed by atoms with Crippen molar-refractivity contribution in [3.05, 3.63) is 72.3 Å². The molecule has 2 N–H and O–H groups in total. The van der Waals surface area contributed by atoms with Gasteiger partial charge in [-0.2, -0.15) is 4.98 Å². The maximum atomic E-state index is 11.5. The molecule has 0 aliphatic heterocycles. The average Bonchev–Trinajstić information content (AvgIpc) is 3.11. The van der Waals surface area contributed by atoms with Crippen molar-refractivity contribution in [2.75, 3.05) is 12.4 Å². The van der Waals surface area contributed by atoms with Crippen molar-refractivity contribution in [2.24, 2.45) is 0 Å². The van der Waals surface area contributed by atoms with Gasteiger partial charge in [0.05, 0.1) is 18.4 Å². The number of methoxy groups -OCH3 is 1. The summed E-state index contributed by atoms with van der Waals surface area (Å²) in [7, 11) is 1.35. The van der Waals surface area contributed by atoms with E-state index in [1.54, 1.807) is 40.9 Å². The summed E-state index contributed by atoms with van der Waals surface area (Å²) in [6.07, 6.45) is 0. The van der Waals surface area contributed by atoms with Crippen LogP contribution in [-0.4, -0.2) is 32.8 Å². The van der Waals surface area contributed by atoms with Crippen molar-refractivity contribution < 1.29 is 14.6 Å². The van der Waals surface area contributed by atoms with E-state index in [1.165, 1.54) is 7.11 Å². The van der Waals surface area contributed by atoms with Gasteiger partial charge in [0.15, 0.2) is 5.65 Å². The Kier molecular flexibility index (Phi) is 4.18. The van der Waals surface area contributed by atoms with Crippen LogP contribution in [0.5, 0.6) is 5.75 Å². The molecule has 0 atom stereocenters. The molecule has 2 heterocycles. The quantitative estimate of drug-likeness (QED) is 0.540. The van der Waals surface area contributed by atoms with Crippen LogP contribution in [0, 0.1) is 0 Å². The normalized spacial score (nSPS) is 10.7. The number of fused-ring (bicyclic) bond motifs is 1. The van der Waals surface area contributed by atoms with Gasteiger partial charge >= 0.3 is 5.97 Å². The number of hydrogen-bond donors (Lipinski definition) is 2. The standard InChI is InChI=1S/C20H16N4O3/c1-27-19(26)14-5-9-15(10-6-14)21-20-22-18-4-2-3-17(24(18)23-20)13-7-11-16(25)12-8-13/h2-12,25H,1H3,(H,21,23). The first-order chi connectivity index (χ1) is 13.1. The number of nitrogens with one attached hydrogen (secondary N) is 1. The van der Waals surface area contributed by atoms with Crippen molar-refractivity contribution in [1.82, 2.24) is 14.6 Å². The second kappa shape index (κ2) is 6.80. The van der Waals surface area contributed by atoms with E-state index in [9.17, 15) is 9.90 Å². The Balaban J connectivity index is 1.65. The highest BCUT2D eigenvalue weighted by Crippen LogP contribution is 2.24. The molecule has 0 spiro atoms. The van der Waals surface area contributed by atoms with E-state index in [1.807, 2.05) is 30.3 Å². The Bertz CT molecular complexity index is 1100. The second-order valence-corrected chi connectivity index (χ2v) is 5.86. The summed E-state index contributed by atoms with van der Waals surface area (Å²) in [6, 6.07) is 19.5. The Morgan fingerprint density at radius 3 is 2.48 bits per heavy atom. The smallest absolute Gasteiger partial charge is 0.337 e. The Morgan fingerprint density at radius 2 is 1.78 bits per heavy atom. The molecule has 27 heavy (non-hydrogen) atoms. The summed E-state index contributed by atoms with van der Waals surface area (Å²) in [5.41, 5.74) is 3.69. The third kappa shape index (κ3) is 3.30. The third-order valence-electron chi connectivity index (χ3n) is 4.08. The first kappa shape index (κ1) is 16.6. The molecule has 0 amide bonds. The fraction of sp³-hybridized carbons (Fsp3) is 0.0500. The van der Waals surface area contributed by atoms with Crippen LogP contribution >= 0.6 is 0 Å². The minimum atomic E-state index is -0.383. The van der Waals surface area contributed by atoms with Crippen molar-refractivity contribution in [2.45, 2.75) is 0 Å². The maximum Gasteiger partial charge on any atom is 0.337 e. The number of aromatic nitrogens is 3. The minimum absolute atomic E-state index is 0.210. The highest BCUT2D eigenvalue weighted by molar-refractivity contribution is 5.89. The molecule has 0 saturated heterocycles. The number of phenolic OH excluding ortho intramolecular Hbond substituents is 1. The van der Waals surface area contributed by atoms with E-state index in [2.05, 4.69) is 15.4 Å². The molecule has 2 aromatic heterocycles. The van der Waals surface area contributed by atoms with Gasteiger partial charge in [-0.15, -0.1) is 5.10 Å². The van der Waals surface area contributed by atoms with Crippen LogP contribution in [0.2, 0.25) is 0 Å². The van der Waals surface area contributed by atoms with Crippen LogP contribution in [0.25, 0.3) is 16.9 Å². The van der Waals surface area contributed by atoms with Crippen molar-refractivity contribution in [3.8, 4) is 17.0 Å². The number of rotatable bonds is 4. The van der Waals surface area contributed by atoms with Gasteiger partial charge in [-0.05, 0) is 60.7 Å². The molecule has 0 saturated carbocycles. The lowest BCUT2D eigenvalue weighted by atomic mass is 10.1. The highest BCUT2D eigenvalue weighted by Gasteiger charge is 2.10. The second-order valence-electron chi connectivity index (χ2n) is 5.86. The zero-order chi connectivity index (χ0) is 18.8. The number of nitrogens with zero attached hydrogens (tertiary/aromatic N) is 3. The lowest BCUT2D eigenvalue weighted by Gasteiger charge is -2.04. The number of pyridine rings is 1. The van der Waals surface area contributed by atoms with E-state index in [0.29, 0.717) is 17.2 Å². The summed E-state index contributed by atoms with van der Waals surface area (Å²) < 4.78 is 6.43. The molecule has 0 unspecified atom stereocenters. The van der Waals surface area contributed by atoms with Gasteiger partial charge in [0.2, 0.25) is 5.95 Å². The number of esters is 1. The lowest BCUT2D eigenvalue weighted by Crippen LogP contribution is -2.01. The largest absolute Gasteiger partial charge is 0.508 e. The Morgan fingerprint density at radius 1 is 1.04 bits per heavy atom. The molecule has 0 aliphatic carbocycles. The van der Waals surface area contributed by atoms with Crippen molar-refractivity contribution in [1.29, 1.82) is 0 Å². The number of carbonyl (C=O) groups is 1. The van der Waals surface area contributed by atoms with Crippen LogP contribution in [0.4, 0.5) is 11.6 Å². The molecule has 4 rings (SSSR count). The van der Waals surface area contributed by atoms with E-state index in [-0.39, 0.29) is 11.7 Å². The molecule has 7 heteroatoms. The molecular weight excluding hydrogens is 344 g/mol. The van der Waals surface area contributed by atoms with Crippen LogP contribution in [-0.2, 0) is 4.74 Å². The van der Waals surface area contributed by atoms with Gasteiger partial charge in [-0.3, -0.25) is 0 Å². The minimum Gasteiger partial charge on any atom is -0.508 e. The molecule has 0 fully saturated rings.